The van der Waals surface area contributed by atoms with Crippen molar-refractivity contribution < 1.29 is 17.9 Å². The molecular weight excluding hydrogens is 397 g/mol. The van der Waals surface area contributed by atoms with Gasteiger partial charge in [0, 0.05) is 11.6 Å². The van der Waals surface area contributed by atoms with Crippen LogP contribution in [-0.2, 0) is 0 Å². The fourth-order valence-corrected chi connectivity index (χ4v) is 5.42. The highest BCUT2D eigenvalue weighted by atomic mass is 19.2. The van der Waals surface area contributed by atoms with E-state index in [1.165, 1.54) is 6.07 Å². The summed E-state index contributed by atoms with van der Waals surface area (Å²) < 4.78 is 48.3. The molecule has 4 rings (SSSR count). The number of rotatable bonds is 5. The monoisotopic (exact) mass is 428 g/mol. The Morgan fingerprint density at radius 1 is 0.903 bits per heavy atom. The van der Waals surface area contributed by atoms with Gasteiger partial charge < -0.3 is 4.74 Å². The van der Waals surface area contributed by atoms with Crippen LogP contribution >= 0.6 is 0 Å². The maximum Gasteiger partial charge on any atom is 0.162 e. The molecule has 1 fully saturated rings. The molecule has 0 N–H and O–H groups in total. The van der Waals surface area contributed by atoms with E-state index in [1.807, 2.05) is 19.1 Å². The Hall–Kier alpha value is -2.23. The largest absolute Gasteiger partial charge is 0.494 e. The summed E-state index contributed by atoms with van der Waals surface area (Å²) in [4.78, 5) is 0. The molecule has 4 heteroatoms. The number of benzene rings is 2. The fraction of sp³-hybridized carbons (Fsp3) is 0.481. The van der Waals surface area contributed by atoms with Gasteiger partial charge in [0.25, 0.3) is 0 Å². The highest BCUT2D eigenvalue weighted by molar-refractivity contribution is 5.67. The maximum atomic E-state index is 14.5. The zero-order chi connectivity index (χ0) is 22.0. The van der Waals surface area contributed by atoms with E-state index in [-0.39, 0.29) is 11.7 Å². The maximum absolute atomic E-state index is 14.5. The van der Waals surface area contributed by atoms with Crippen molar-refractivity contribution in [3.63, 3.8) is 0 Å². The topological polar surface area (TPSA) is 9.23 Å². The van der Waals surface area contributed by atoms with Crippen molar-refractivity contribution >= 4 is 5.57 Å². The molecule has 0 spiro atoms. The number of ether oxygens (including phenoxy) is 1. The van der Waals surface area contributed by atoms with Gasteiger partial charge in [-0.05, 0) is 105 Å². The van der Waals surface area contributed by atoms with E-state index in [1.54, 1.807) is 19.1 Å². The first-order valence-electron chi connectivity index (χ1n) is 11.5. The first kappa shape index (κ1) is 22.0. The van der Waals surface area contributed by atoms with Crippen molar-refractivity contribution in [2.75, 3.05) is 6.61 Å². The Morgan fingerprint density at radius 3 is 2.32 bits per heavy atom. The lowest BCUT2D eigenvalue weighted by Crippen LogP contribution is -2.23. The minimum Gasteiger partial charge on any atom is -0.494 e. The van der Waals surface area contributed by atoms with Gasteiger partial charge in [-0.25, -0.2) is 13.2 Å². The van der Waals surface area contributed by atoms with Crippen molar-refractivity contribution in [2.24, 2.45) is 11.8 Å². The van der Waals surface area contributed by atoms with Gasteiger partial charge in [0.2, 0.25) is 0 Å². The molecule has 0 heterocycles. The van der Waals surface area contributed by atoms with Crippen LogP contribution in [0.25, 0.3) is 5.57 Å². The van der Waals surface area contributed by atoms with Gasteiger partial charge in [-0.1, -0.05) is 18.2 Å². The Bertz CT molecular complexity index is 957. The van der Waals surface area contributed by atoms with E-state index in [0.717, 1.165) is 50.5 Å². The van der Waals surface area contributed by atoms with Crippen molar-refractivity contribution in [1.82, 2.24) is 0 Å². The van der Waals surface area contributed by atoms with E-state index < -0.39 is 11.6 Å². The zero-order valence-corrected chi connectivity index (χ0v) is 18.4. The lowest BCUT2D eigenvalue weighted by molar-refractivity contribution is 0.219. The second-order valence-corrected chi connectivity index (χ2v) is 9.05. The van der Waals surface area contributed by atoms with Crippen molar-refractivity contribution in [2.45, 2.75) is 64.7 Å². The second-order valence-electron chi connectivity index (χ2n) is 9.05. The molecular formula is C27H31F3O. The third-order valence-electron chi connectivity index (χ3n) is 7.23. The van der Waals surface area contributed by atoms with Gasteiger partial charge in [-0.15, -0.1) is 0 Å². The predicted molar refractivity (Wildman–Crippen MR) is 119 cm³/mol. The van der Waals surface area contributed by atoms with E-state index in [4.69, 9.17) is 4.74 Å². The minimum atomic E-state index is -0.703. The molecule has 1 unspecified atom stereocenters. The summed E-state index contributed by atoms with van der Waals surface area (Å²) in [7, 11) is 0. The quantitative estimate of drug-likeness (QED) is 0.469. The van der Waals surface area contributed by atoms with Gasteiger partial charge >= 0.3 is 0 Å². The number of allylic oxidation sites excluding steroid dienone is 2. The molecule has 1 atom stereocenters. The summed E-state index contributed by atoms with van der Waals surface area (Å²) in [6, 6.07) is 8.59. The fourth-order valence-electron chi connectivity index (χ4n) is 5.42. The first-order valence-corrected chi connectivity index (χ1v) is 11.5. The van der Waals surface area contributed by atoms with Crippen LogP contribution in [0.4, 0.5) is 13.2 Å². The first-order chi connectivity index (χ1) is 15.0. The van der Waals surface area contributed by atoms with Crippen LogP contribution < -0.4 is 4.74 Å². The van der Waals surface area contributed by atoms with Gasteiger partial charge in [-0.3, -0.25) is 0 Å². The highest BCUT2D eigenvalue weighted by Crippen LogP contribution is 2.44. The van der Waals surface area contributed by atoms with Crippen LogP contribution in [0.5, 0.6) is 5.75 Å². The molecule has 0 saturated heterocycles. The molecule has 2 aromatic rings. The zero-order valence-electron chi connectivity index (χ0n) is 18.4. The van der Waals surface area contributed by atoms with E-state index >= 15 is 0 Å². The summed E-state index contributed by atoms with van der Waals surface area (Å²) >= 11 is 0. The summed E-state index contributed by atoms with van der Waals surface area (Å²) in [6.45, 7) is 4.01. The molecule has 0 aromatic heterocycles. The van der Waals surface area contributed by atoms with Gasteiger partial charge in [0.1, 0.15) is 11.6 Å². The Morgan fingerprint density at radius 2 is 1.68 bits per heavy atom. The third kappa shape index (κ3) is 4.68. The molecule has 1 saturated carbocycles. The Kier molecular flexibility index (Phi) is 6.74. The van der Waals surface area contributed by atoms with E-state index in [2.05, 4.69) is 6.08 Å². The Balaban J connectivity index is 1.36. The molecule has 31 heavy (non-hydrogen) atoms. The van der Waals surface area contributed by atoms with Crippen molar-refractivity contribution in [3.8, 4) is 5.75 Å². The molecule has 2 aromatic carbocycles. The van der Waals surface area contributed by atoms with Gasteiger partial charge in [-0.2, -0.15) is 0 Å². The lowest BCUT2D eigenvalue weighted by Gasteiger charge is -2.36. The van der Waals surface area contributed by atoms with Crippen molar-refractivity contribution in [1.29, 1.82) is 0 Å². The Labute approximate surface area is 183 Å². The molecule has 0 radical (unpaired) electrons. The van der Waals surface area contributed by atoms with Crippen LogP contribution in [0.3, 0.4) is 0 Å². The summed E-state index contributed by atoms with van der Waals surface area (Å²) in [5.74, 6) is 0.298. The molecule has 1 nitrogen and oxygen atoms in total. The minimum absolute atomic E-state index is 0.110. The van der Waals surface area contributed by atoms with Crippen LogP contribution in [-0.4, -0.2) is 6.61 Å². The van der Waals surface area contributed by atoms with Crippen LogP contribution in [0.15, 0.2) is 36.4 Å². The second kappa shape index (κ2) is 9.50. The van der Waals surface area contributed by atoms with Gasteiger partial charge in [0.15, 0.2) is 11.6 Å². The average Bonchev–Trinajstić information content (AvgIpc) is 2.78. The average molecular weight is 429 g/mol. The molecule has 0 bridgehead atoms. The molecule has 2 aliphatic carbocycles. The predicted octanol–water partition coefficient (Wildman–Crippen LogP) is 7.97. The van der Waals surface area contributed by atoms with Crippen LogP contribution in [0, 0.1) is 36.2 Å². The summed E-state index contributed by atoms with van der Waals surface area (Å²) in [6.07, 6.45) is 9.01. The standard InChI is InChI=1S/C27H31F3O/c1-3-31-22-13-15-23(25(28)16-22)20-9-5-18(6-10-20)19-7-11-21(12-8-19)24-14-4-17(2)26(29)27(24)30/h4,9,13-16,18-19,21H,3,5-8,10-12H2,1-2H3. The molecule has 166 valence electrons. The van der Waals surface area contributed by atoms with Crippen LogP contribution in [0.2, 0.25) is 0 Å². The van der Waals surface area contributed by atoms with Crippen LogP contribution in [0.1, 0.15) is 74.5 Å². The van der Waals surface area contributed by atoms with E-state index in [9.17, 15) is 13.2 Å². The number of hydrogen-bond acceptors (Lipinski definition) is 1. The number of hydrogen-bond donors (Lipinski definition) is 0. The normalized spacial score (nSPS) is 24.0. The van der Waals surface area contributed by atoms with Crippen molar-refractivity contribution in [3.05, 3.63) is 70.5 Å². The van der Waals surface area contributed by atoms with Gasteiger partial charge in [0.05, 0.1) is 6.61 Å². The number of halogens is 3. The smallest absolute Gasteiger partial charge is 0.162 e. The number of aryl methyl sites for hydroxylation is 1. The summed E-state index contributed by atoms with van der Waals surface area (Å²) in [5.41, 5.74) is 2.67. The van der Waals surface area contributed by atoms with E-state index in [0.29, 0.717) is 40.9 Å². The summed E-state index contributed by atoms with van der Waals surface area (Å²) in [5, 5.41) is 0. The SMILES string of the molecule is CCOc1ccc(C2=CCC(C3CCC(c4ccc(C)c(F)c4F)CC3)CC2)c(F)c1. The molecule has 2 aliphatic rings. The highest BCUT2D eigenvalue weighted by Gasteiger charge is 2.31. The molecule has 0 aliphatic heterocycles. The molecule has 0 amide bonds. The third-order valence-corrected chi connectivity index (χ3v) is 7.23. The lowest BCUT2D eigenvalue weighted by atomic mass is 9.70.